The van der Waals surface area contributed by atoms with Gasteiger partial charge in [0.1, 0.15) is 0 Å². The second-order valence-electron chi connectivity index (χ2n) is 4.56. The Hall–Kier alpha value is -0.770. The predicted molar refractivity (Wildman–Crippen MR) is 78.2 cm³/mol. The van der Waals surface area contributed by atoms with Gasteiger partial charge in [0.05, 0.1) is 0 Å². The molecule has 0 aliphatic heterocycles. The Morgan fingerprint density at radius 2 is 1.78 bits per heavy atom. The average molecular weight is 268 g/mol. The fourth-order valence-electron chi connectivity index (χ4n) is 1.83. The minimum Gasteiger partial charge on any atom is -0.301 e. The van der Waals surface area contributed by atoms with Crippen molar-refractivity contribution in [1.82, 2.24) is 9.97 Å². The van der Waals surface area contributed by atoms with Gasteiger partial charge in [-0.15, -0.1) is 0 Å². The summed E-state index contributed by atoms with van der Waals surface area (Å²) in [5.74, 6) is 1.04. The van der Waals surface area contributed by atoms with Gasteiger partial charge in [-0.2, -0.15) is 0 Å². The standard InChI is InChI=1S/C14H24N2OS/c1-2-3-4-5-6-7-8-9-12-18-14-15-11-10-13(17)16-14/h10-11H,2-9,12H2,1H3,(H,15,16,17). The summed E-state index contributed by atoms with van der Waals surface area (Å²) in [5, 5.41) is 0.741. The molecular formula is C14H24N2OS. The first-order valence-electron chi connectivity index (χ1n) is 7.01. The van der Waals surface area contributed by atoms with E-state index in [1.54, 1.807) is 18.0 Å². The minimum atomic E-state index is -0.0663. The van der Waals surface area contributed by atoms with Crippen LogP contribution in [0.25, 0.3) is 0 Å². The highest BCUT2D eigenvalue weighted by Crippen LogP contribution is 2.14. The molecule has 1 rings (SSSR count). The molecule has 0 amide bonds. The van der Waals surface area contributed by atoms with Crippen LogP contribution >= 0.6 is 11.8 Å². The quantitative estimate of drug-likeness (QED) is 0.396. The molecule has 0 aromatic carbocycles. The van der Waals surface area contributed by atoms with Crippen molar-refractivity contribution >= 4 is 11.8 Å². The molecule has 4 heteroatoms. The number of hydrogen-bond acceptors (Lipinski definition) is 3. The number of nitrogens with zero attached hydrogens (tertiary/aromatic N) is 1. The molecule has 0 spiro atoms. The SMILES string of the molecule is CCCCCCCCCCSc1nccc(=O)[nH]1. The summed E-state index contributed by atoms with van der Waals surface area (Å²) in [6, 6.07) is 1.44. The number of rotatable bonds is 10. The molecule has 18 heavy (non-hydrogen) atoms. The Kier molecular flexibility index (Phi) is 8.65. The van der Waals surface area contributed by atoms with Crippen molar-refractivity contribution < 1.29 is 0 Å². The summed E-state index contributed by atoms with van der Waals surface area (Å²) < 4.78 is 0. The Labute approximate surface area is 114 Å². The highest BCUT2D eigenvalue weighted by atomic mass is 32.2. The van der Waals surface area contributed by atoms with Gasteiger partial charge in [0.25, 0.3) is 5.56 Å². The van der Waals surface area contributed by atoms with Crippen molar-refractivity contribution in [2.45, 2.75) is 63.4 Å². The van der Waals surface area contributed by atoms with Crippen LogP contribution in [0.3, 0.4) is 0 Å². The maximum absolute atomic E-state index is 11.0. The molecule has 1 aromatic rings. The van der Waals surface area contributed by atoms with E-state index in [2.05, 4.69) is 16.9 Å². The first-order chi connectivity index (χ1) is 8.83. The van der Waals surface area contributed by atoms with E-state index in [1.165, 1.54) is 57.4 Å². The largest absolute Gasteiger partial charge is 0.301 e. The van der Waals surface area contributed by atoms with Gasteiger partial charge >= 0.3 is 0 Å². The highest BCUT2D eigenvalue weighted by molar-refractivity contribution is 7.99. The number of hydrogen-bond donors (Lipinski definition) is 1. The summed E-state index contributed by atoms with van der Waals surface area (Å²) in [5.41, 5.74) is -0.0663. The van der Waals surface area contributed by atoms with Crippen LogP contribution in [0.5, 0.6) is 0 Å². The summed E-state index contributed by atoms with van der Waals surface area (Å²) in [7, 11) is 0. The number of thioether (sulfide) groups is 1. The van der Waals surface area contributed by atoms with Crippen molar-refractivity contribution in [3.8, 4) is 0 Å². The molecule has 0 aliphatic carbocycles. The Bertz CT molecular complexity index is 365. The topological polar surface area (TPSA) is 45.8 Å². The zero-order valence-electron chi connectivity index (χ0n) is 11.3. The molecule has 0 aliphatic rings. The monoisotopic (exact) mass is 268 g/mol. The smallest absolute Gasteiger partial charge is 0.251 e. The van der Waals surface area contributed by atoms with E-state index in [4.69, 9.17) is 0 Å². The van der Waals surface area contributed by atoms with Crippen LogP contribution in [0.2, 0.25) is 0 Å². The van der Waals surface area contributed by atoms with Gasteiger partial charge in [-0.3, -0.25) is 4.79 Å². The maximum atomic E-state index is 11.0. The number of H-pyrrole nitrogens is 1. The van der Waals surface area contributed by atoms with Crippen LogP contribution in [-0.4, -0.2) is 15.7 Å². The lowest BCUT2D eigenvalue weighted by Gasteiger charge is -2.01. The predicted octanol–water partition coefficient (Wildman–Crippen LogP) is 4.00. The Balaban J connectivity index is 1.94. The second kappa shape index (κ2) is 10.2. The van der Waals surface area contributed by atoms with Crippen LogP contribution in [0.1, 0.15) is 58.3 Å². The van der Waals surface area contributed by atoms with E-state index in [0.717, 1.165) is 10.9 Å². The lowest BCUT2D eigenvalue weighted by Crippen LogP contribution is -2.05. The molecule has 1 N–H and O–H groups in total. The van der Waals surface area contributed by atoms with E-state index in [0.29, 0.717) is 0 Å². The third kappa shape index (κ3) is 7.54. The number of aromatic amines is 1. The third-order valence-electron chi connectivity index (χ3n) is 2.88. The summed E-state index contributed by atoms with van der Waals surface area (Å²) in [6.07, 6.45) is 12.2. The molecule has 0 unspecified atom stereocenters. The van der Waals surface area contributed by atoms with Crippen molar-refractivity contribution in [2.75, 3.05) is 5.75 Å². The van der Waals surface area contributed by atoms with Gasteiger partial charge in [0.2, 0.25) is 0 Å². The zero-order valence-corrected chi connectivity index (χ0v) is 12.1. The molecule has 0 saturated heterocycles. The molecule has 0 atom stereocenters. The molecule has 0 bridgehead atoms. The van der Waals surface area contributed by atoms with E-state index < -0.39 is 0 Å². The van der Waals surface area contributed by atoms with E-state index in [9.17, 15) is 4.79 Å². The number of aromatic nitrogens is 2. The average Bonchev–Trinajstić information content (AvgIpc) is 2.37. The third-order valence-corrected chi connectivity index (χ3v) is 3.86. The first-order valence-corrected chi connectivity index (χ1v) is 7.99. The molecule has 0 fully saturated rings. The molecular weight excluding hydrogens is 244 g/mol. The van der Waals surface area contributed by atoms with E-state index >= 15 is 0 Å². The van der Waals surface area contributed by atoms with Crippen molar-refractivity contribution in [3.05, 3.63) is 22.6 Å². The van der Waals surface area contributed by atoms with E-state index in [1.807, 2.05) is 0 Å². The van der Waals surface area contributed by atoms with Crippen molar-refractivity contribution in [2.24, 2.45) is 0 Å². The zero-order chi connectivity index (χ0) is 13.1. The summed E-state index contributed by atoms with van der Waals surface area (Å²) >= 11 is 1.64. The van der Waals surface area contributed by atoms with Crippen LogP contribution < -0.4 is 5.56 Å². The van der Waals surface area contributed by atoms with Gasteiger partial charge in [-0.05, 0) is 6.42 Å². The number of nitrogens with one attached hydrogen (secondary N) is 1. The molecule has 1 heterocycles. The van der Waals surface area contributed by atoms with Gasteiger partial charge in [0, 0.05) is 18.0 Å². The maximum Gasteiger partial charge on any atom is 0.251 e. The molecule has 0 saturated carbocycles. The Morgan fingerprint density at radius 3 is 2.44 bits per heavy atom. The van der Waals surface area contributed by atoms with Crippen LogP contribution in [0.4, 0.5) is 0 Å². The van der Waals surface area contributed by atoms with Crippen LogP contribution in [-0.2, 0) is 0 Å². The van der Waals surface area contributed by atoms with Crippen molar-refractivity contribution in [1.29, 1.82) is 0 Å². The lowest BCUT2D eigenvalue weighted by atomic mass is 10.1. The van der Waals surface area contributed by atoms with Crippen LogP contribution in [0, 0.1) is 0 Å². The number of unbranched alkanes of at least 4 members (excludes halogenated alkanes) is 7. The van der Waals surface area contributed by atoms with E-state index in [-0.39, 0.29) is 5.56 Å². The molecule has 3 nitrogen and oxygen atoms in total. The van der Waals surface area contributed by atoms with Gasteiger partial charge < -0.3 is 4.98 Å². The minimum absolute atomic E-state index is 0.0663. The van der Waals surface area contributed by atoms with Crippen LogP contribution in [0.15, 0.2) is 22.2 Å². The molecule has 0 radical (unpaired) electrons. The highest BCUT2D eigenvalue weighted by Gasteiger charge is 1.96. The van der Waals surface area contributed by atoms with Crippen molar-refractivity contribution in [3.63, 3.8) is 0 Å². The second-order valence-corrected chi connectivity index (χ2v) is 5.65. The summed E-state index contributed by atoms with van der Waals surface area (Å²) in [6.45, 7) is 2.25. The fourth-order valence-corrected chi connectivity index (χ4v) is 2.68. The normalized spacial score (nSPS) is 10.7. The summed E-state index contributed by atoms with van der Waals surface area (Å²) in [4.78, 5) is 17.9. The fraction of sp³-hybridized carbons (Fsp3) is 0.714. The van der Waals surface area contributed by atoms with Gasteiger partial charge in [-0.1, -0.05) is 63.6 Å². The molecule has 102 valence electrons. The Morgan fingerprint density at radius 1 is 1.11 bits per heavy atom. The van der Waals surface area contributed by atoms with Gasteiger partial charge in [-0.25, -0.2) is 4.98 Å². The lowest BCUT2D eigenvalue weighted by molar-refractivity contribution is 0.586. The first kappa shape index (κ1) is 15.3. The molecule has 1 aromatic heterocycles. The van der Waals surface area contributed by atoms with Gasteiger partial charge in [0.15, 0.2) is 5.16 Å².